The van der Waals surface area contributed by atoms with Gasteiger partial charge in [-0.25, -0.2) is 0 Å². The zero-order chi connectivity index (χ0) is 11.1. The summed E-state index contributed by atoms with van der Waals surface area (Å²) in [6.07, 6.45) is 1.92. The summed E-state index contributed by atoms with van der Waals surface area (Å²) >= 11 is 1.77. The Morgan fingerprint density at radius 1 is 1.47 bits per heavy atom. The summed E-state index contributed by atoms with van der Waals surface area (Å²) in [5, 5.41) is 3.82. The summed E-state index contributed by atoms with van der Waals surface area (Å²) in [7, 11) is 0. The SMILES string of the molecule is CCCSCc1noc(CC(=O)CC)n1. The molecule has 5 heteroatoms. The molecular formula is C10H16N2O2S. The zero-order valence-electron chi connectivity index (χ0n) is 9.15. The molecule has 0 saturated carbocycles. The first-order valence-corrected chi connectivity index (χ1v) is 6.32. The summed E-state index contributed by atoms with van der Waals surface area (Å²) in [6.45, 7) is 3.96. The van der Waals surface area contributed by atoms with Gasteiger partial charge in [-0.3, -0.25) is 4.79 Å². The third-order valence-corrected chi connectivity index (χ3v) is 2.99. The molecule has 0 aliphatic heterocycles. The molecule has 0 radical (unpaired) electrons. The average Bonchev–Trinajstić information content (AvgIpc) is 2.66. The van der Waals surface area contributed by atoms with E-state index in [1.165, 1.54) is 0 Å². The van der Waals surface area contributed by atoms with Crippen molar-refractivity contribution in [3.8, 4) is 0 Å². The van der Waals surface area contributed by atoms with Gasteiger partial charge in [0.2, 0.25) is 5.89 Å². The largest absolute Gasteiger partial charge is 0.339 e. The molecule has 0 saturated heterocycles. The summed E-state index contributed by atoms with van der Waals surface area (Å²) in [5.74, 6) is 3.11. The van der Waals surface area contributed by atoms with Crippen molar-refractivity contribution in [2.24, 2.45) is 0 Å². The van der Waals surface area contributed by atoms with Crippen LogP contribution < -0.4 is 0 Å². The second kappa shape index (κ2) is 6.61. The van der Waals surface area contributed by atoms with Crippen LogP contribution in [-0.2, 0) is 17.0 Å². The minimum atomic E-state index is 0.131. The molecule has 84 valence electrons. The summed E-state index contributed by atoms with van der Waals surface area (Å²) < 4.78 is 4.97. The number of carbonyl (C=O) groups is 1. The fourth-order valence-electron chi connectivity index (χ4n) is 1.02. The monoisotopic (exact) mass is 228 g/mol. The van der Waals surface area contributed by atoms with Crippen molar-refractivity contribution >= 4 is 17.5 Å². The molecule has 15 heavy (non-hydrogen) atoms. The van der Waals surface area contributed by atoms with Crippen molar-refractivity contribution in [2.75, 3.05) is 5.75 Å². The fraction of sp³-hybridized carbons (Fsp3) is 0.700. The normalized spacial score (nSPS) is 10.5. The summed E-state index contributed by atoms with van der Waals surface area (Å²) in [4.78, 5) is 15.3. The van der Waals surface area contributed by atoms with E-state index in [1.807, 2.05) is 6.92 Å². The van der Waals surface area contributed by atoms with Gasteiger partial charge in [0.15, 0.2) is 5.82 Å². The highest BCUT2D eigenvalue weighted by molar-refractivity contribution is 7.98. The van der Waals surface area contributed by atoms with Gasteiger partial charge in [0.25, 0.3) is 0 Å². The van der Waals surface area contributed by atoms with Gasteiger partial charge < -0.3 is 4.52 Å². The first-order chi connectivity index (χ1) is 7.26. The van der Waals surface area contributed by atoms with Crippen molar-refractivity contribution in [2.45, 2.75) is 38.9 Å². The van der Waals surface area contributed by atoms with Crippen LogP contribution in [0.4, 0.5) is 0 Å². The number of thioether (sulfide) groups is 1. The van der Waals surface area contributed by atoms with Crippen LogP contribution in [-0.4, -0.2) is 21.7 Å². The number of hydrogen-bond acceptors (Lipinski definition) is 5. The van der Waals surface area contributed by atoms with E-state index in [0.29, 0.717) is 18.1 Å². The highest BCUT2D eigenvalue weighted by Crippen LogP contribution is 2.10. The number of ketones is 1. The van der Waals surface area contributed by atoms with Crippen molar-refractivity contribution in [1.29, 1.82) is 0 Å². The number of nitrogens with zero attached hydrogens (tertiary/aromatic N) is 2. The third-order valence-electron chi connectivity index (χ3n) is 1.83. The Balaban J connectivity index is 2.38. The molecule has 4 nitrogen and oxygen atoms in total. The van der Waals surface area contributed by atoms with Gasteiger partial charge in [-0.2, -0.15) is 16.7 Å². The molecule has 1 rings (SSSR count). The van der Waals surface area contributed by atoms with Gasteiger partial charge in [-0.05, 0) is 12.2 Å². The van der Waals surface area contributed by atoms with E-state index in [9.17, 15) is 4.79 Å². The van der Waals surface area contributed by atoms with E-state index in [-0.39, 0.29) is 12.2 Å². The topological polar surface area (TPSA) is 56.0 Å². The van der Waals surface area contributed by atoms with Crippen molar-refractivity contribution in [3.63, 3.8) is 0 Å². The van der Waals surface area contributed by atoms with Crippen LogP contribution >= 0.6 is 11.8 Å². The minimum Gasteiger partial charge on any atom is -0.339 e. The van der Waals surface area contributed by atoms with Gasteiger partial charge in [-0.1, -0.05) is 19.0 Å². The first kappa shape index (κ1) is 12.2. The Morgan fingerprint density at radius 2 is 2.27 bits per heavy atom. The number of aromatic nitrogens is 2. The van der Waals surface area contributed by atoms with Crippen LogP contribution in [0.2, 0.25) is 0 Å². The van der Waals surface area contributed by atoms with E-state index >= 15 is 0 Å². The summed E-state index contributed by atoms with van der Waals surface area (Å²) in [5.41, 5.74) is 0. The van der Waals surface area contributed by atoms with Gasteiger partial charge in [0, 0.05) is 6.42 Å². The quantitative estimate of drug-likeness (QED) is 0.670. The van der Waals surface area contributed by atoms with Crippen molar-refractivity contribution in [1.82, 2.24) is 10.1 Å². The van der Waals surface area contributed by atoms with Gasteiger partial charge in [-0.15, -0.1) is 0 Å². The molecule has 1 heterocycles. The predicted octanol–water partition coefficient (Wildman–Crippen LogP) is 2.23. The lowest BCUT2D eigenvalue weighted by atomic mass is 10.2. The molecule has 0 aliphatic rings. The van der Waals surface area contributed by atoms with E-state index < -0.39 is 0 Å². The van der Waals surface area contributed by atoms with Gasteiger partial charge in [0.05, 0.1) is 12.2 Å². The third kappa shape index (κ3) is 4.46. The highest BCUT2D eigenvalue weighted by atomic mass is 32.2. The smallest absolute Gasteiger partial charge is 0.234 e. The molecule has 0 aliphatic carbocycles. The maximum Gasteiger partial charge on any atom is 0.234 e. The number of Topliss-reactive ketones (excluding diaryl/α,β-unsaturated/α-hetero) is 1. The Kier molecular flexibility index (Phi) is 5.39. The molecule has 1 aromatic heterocycles. The number of rotatable bonds is 7. The summed E-state index contributed by atoms with van der Waals surface area (Å²) in [6, 6.07) is 0. The molecule has 0 fully saturated rings. The van der Waals surface area contributed by atoms with E-state index in [0.717, 1.165) is 17.9 Å². The lowest BCUT2D eigenvalue weighted by Gasteiger charge is -1.92. The molecule has 1 aromatic rings. The maximum atomic E-state index is 11.1. The molecule has 0 aromatic carbocycles. The molecular weight excluding hydrogens is 212 g/mol. The number of carbonyl (C=O) groups excluding carboxylic acids is 1. The molecule has 0 atom stereocenters. The second-order valence-corrected chi connectivity index (χ2v) is 4.33. The highest BCUT2D eigenvalue weighted by Gasteiger charge is 2.09. The first-order valence-electron chi connectivity index (χ1n) is 5.17. The van der Waals surface area contributed by atoms with Gasteiger partial charge in [0.1, 0.15) is 5.78 Å². The zero-order valence-corrected chi connectivity index (χ0v) is 9.97. The number of hydrogen-bond donors (Lipinski definition) is 0. The molecule has 0 bridgehead atoms. The van der Waals surface area contributed by atoms with E-state index in [2.05, 4.69) is 17.1 Å². The Bertz CT molecular complexity index is 312. The lowest BCUT2D eigenvalue weighted by molar-refractivity contribution is -0.118. The maximum absolute atomic E-state index is 11.1. The average molecular weight is 228 g/mol. The Morgan fingerprint density at radius 3 is 2.93 bits per heavy atom. The standard InChI is InChI=1S/C10H16N2O2S/c1-3-5-15-7-9-11-10(14-12-9)6-8(13)4-2/h3-7H2,1-2H3. The van der Waals surface area contributed by atoms with Crippen molar-refractivity contribution in [3.05, 3.63) is 11.7 Å². The van der Waals surface area contributed by atoms with Gasteiger partial charge >= 0.3 is 0 Å². The van der Waals surface area contributed by atoms with Crippen LogP contribution in [0.1, 0.15) is 38.4 Å². The molecule has 0 N–H and O–H groups in total. The Labute approximate surface area is 93.8 Å². The van der Waals surface area contributed by atoms with E-state index in [4.69, 9.17) is 4.52 Å². The molecule has 0 spiro atoms. The van der Waals surface area contributed by atoms with Crippen LogP contribution in [0.25, 0.3) is 0 Å². The van der Waals surface area contributed by atoms with Crippen LogP contribution in [0.5, 0.6) is 0 Å². The van der Waals surface area contributed by atoms with Crippen LogP contribution in [0, 0.1) is 0 Å². The lowest BCUT2D eigenvalue weighted by Crippen LogP contribution is -2.00. The predicted molar refractivity (Wildman–Crippen MR) is 59.8 cm³/mol. The minimum absolute atomic E-state index is 0.131. The van der Waals surface area contributed by atoms with Crippen molar-refractivity contribution < 1.29 is 9.32 Å². The fourth-order valence-corrected chi connectivity index (χ4v) is 1.75. The second-order valence-electron chi connectivity index (χ2n) is 3.23. The van der Waals surface area contributed by atoms with Crippen LogP contribution in [0.3, 0.4) is 0 Å². The Hall–Kier alpha value is -0.840. The molecule has 0 unspecified atom stereocenters. The van der Waals surface area contributed by atoms with Crippen LogP contribution in [0.15, 0.2) is 4.52 Å². The molecule has 0 amide bonds. The van der Waals surface area contributed by atoms with E-state index in [1.54, 1.807) is 11.8 Å².